The van der Waals surface area contributed by atoms with E-state index in [0.29, 0.717) is 12.0 Å². The Labute approximate surface area is 110 Å². The highest BCUT2D eigenvalue weighted by atomic mass is 35.5. The number of aromatic nitrogens is 2. The summed E-state index contributed by atoms with van der Waals surface area (Å²) in [5.41, 5.74) is 1.15. The molecule has 3 heterocycles. The van der Waals surface area contributed by atoms with Crippen LogP contribution in [0.3, 0.4) is 0 Å². The Morgan fingerprint density at radius 1 is 1.59 bits per heavy atom. The van der Waals surface area contributed by atoms with Gasteiger partial charge in [-0.25, -0.2) is 4.98 Å². The van der Waals surface area contributed by atoms with Crippen LogP contribution in [0.2, 0.25) is 0 Å². The number of hydrogen-bond acceptors (Lipinski definition) is 3. The van der Waals surface area contributed by atoms with Crippen LogP contribution in [0.1, 0.15) is 19.0 Å². The fraction of sp³-hybridized carbons (Fsp3) is 0.583. The molecule has 0 amide bonds. The molecule has 2 aromatic rings. The highest BCUT2D eigenvalue weighted by molar-refractivity contribution is 7.15. The van der Waals surface area contributed by atoms with Crippen molar-refractivity contribution in [1.82, 2.24) is 14.3 Å². The number of imidazole rings is 1. The van der Waals surface area contributed by atoms with Crippen LogP contribution < -0.4 is 0 Å². The van der Waals surface area contributed by atoms with Gasteiger partial charge in [-0.05, 0) is 18.9 Å². The Kier molecular flexibility index (Phi) is 3.11. The molecule has 17 heavy (non-hydrogen) atoms. The number of fused-ring (bicyclic) bond motifs is 1. The van der Waals surface area contributed by atoms with Crippen molar-refractivity contribution in [3.8, 4) is 0 Å². The third-order valence-corrected chi connectivity index (χ3v) is 4.75. The predicted molar refractivity (Wildman–Crippen MR) is 71.8 cm³/mol. The molecule has 0 bridgehead atoms. The van der Waals surface area contributed by atoms with Crippen LogP contribution in [0.25, 0.3) is 4.96 Å². The molecule has 2 atom stereocenters. The standard InChI is InChI=1S/C12H16ClN3S/c1-9-2-3-15(11(9)6-13)7-10-8-16-4-5-17-12(16)14-10/h4-5,8-9,11H,2-3,6-7H2,1H3. The Hall–Kier alpha value is -0.580. The molecule has 2 unspecified atom stereocenters. The Morgan fingerprint density at radius 2 is 2.47 bits per heavy atom. The normalized spacial score (nSPS) is 26.0. The molecular formula is C12H16ClN3S. The summed E-state index contributed by atoms with van der Waals surface area (Å²) < 4.78 is 2.09. The molecule has 0 N–H and O–H groups in total. The number of likely N-dealkylation sites (tertiary alicyclic amines) is 1. The van der Waals surface area contributed by atoms with E-state index in [4.69, 9.17) is 11.6 Å². The van der Waals surface area contributed by atoms with E-state index in [-0.39, 0.29) is 0 Å². The van der Waals surface area contributed by atoms with Gasteiger partial charge in [-0.15, -0.1) is 22.9 Å². The fourth-order valence-electron chi connectivity index (χ4n) is 2.59. The maximum absolute atomic E-state index is 6.06. The van der Waals surface area contributed by atoms with Crippen LogP contribution in [0.4, 0.5) is 0 Å². The summed E-state index contributed by atoms with van der Waals surface area (Å²) in [7, 11) is 0. The molecular weight excluding hydrogens is 254 g/mol. The Balaban J connectivity index is 1.76. The van der Waals surface area contributed by atoms with Gasteiger partial charge in [0.15, 0.2) is 4.96 Å². The molecule has 0 aromatic carbocycles. The number of thiazole rings is 1. The van der Waals surface area contributed by atoms with E-state index in [1.54, 1.807) is 11.3 Å². The van der Waals surface area contributed by atoms with Crippen molar-refractivity contribution >= 4 is 27.9 Å². The van der Waals surface area contributed by atoms with Crippen LogP contribution in [0.5, 0.6) is 0 Å². The number of nitrogens with zero attached hydrogens (tertiary/aromatic N) is 3. The summed E-state index contributed by atoms with van der Waals surface area (Å²) in [6.07, 6.45) is 5.43. The second-order valence-corrected chi connectivity index (χ2v) is 5.96. The minimum atomic E-state index is 0.511. The van der Waals surface area contributed by atoms with Crippen LogP contribution in [-0.4, -0.2) is 32.8 Å². The lowest BCUT2D eigenvalue weighted by Gasteiger charge is -2.23. The minimum absolute atomic E-state index is 0.511. The van der Waals surface area contributed by atoms with Crippen molar-refractivity contribution in [2.45, 2.75) is 25.9 Å². The van der Waals surface area contributed by atoms with Crippen molar-refractivity contribution < 1.29 is 0 Å². The van der Waals surface area contributed by atoms with E-state index in [0.717, 1.165) is 29.6 Å². The van der Waals surface area contributed by atoms with Gasteiger partial charge in [0.1, 0.15) is 0 Å². The van der Waals surface area contributed by atoms with Gasteiger partial charge in [-0.1, -0.05) is 6.92 Å². The lowest BCUT2D eigenvalue weighted by molar-refractivity contribution is 0.240. The van der Waals surface area contributed by atoms with Crippen LogP contribution in [-0.2, 0) is 6.54 Å². The summed E-state index contributed by atoms with van der Waals surface area (Å²) >= 11 is 7.74. The van der Waals surface area contributed by atoms with Gasteiger partial charge in [0.2, 0.25) is 0 Å². The fourth-order valence-corrected chi connectivity index (χ4v) is 3.81. The van der Waals surface area contributed by atoms with E-state index >= 15 is 0 Å². The summed E-state index contributed by atoms with van der Waals surface area (Å²) in [6.45, 7) is 4.36. The van der Waals surface area contributed by atoms with E-state index in [1.807, 2.05) is 0 Å². The second-order valence-electron chi connectivity index (χ2n) is 4.78. The first-order valence-electron chi connectivity index (χ1n) is 5.99. The van der Waals surface area contributed by atoms with E-state index in [2.05, 4.69) is 39.0 Å². The first-order chi connectivity index (χ1) is 8.28. The average molecular weight is 270 g/mol. The zero-order valence-electron chi connectivity index (χ0n) is 9.84. The summed E-state index contributed by atoms with van der Waals surface area (Å²) in [4.78, 5) is 8.17. The molecule has 1 fully saturated rings. The molecule has 0 spiro atoms. The number of alkyl halides is 1. The van der Waals surface area contributed by atoms with Crippen molar-refractivity contribution in [2.24, 2.45) is 5.92 Å². The molecule has 3 nitrogen and oxygen atoms in total. The summed E-state index contributed by atoms with van der Waals surface area (Å²) in [5, 5.41) is 2.06. The van der Waals surface area contributed by atoms with E-state index in [1.165, 1.54) is 6.42 Å². The Bertz CT molecular complexity index is 478. The lowest BCUT2D eigenvalue weighted by atomic mass is 10.1. The monoisotopic (exact) mass is 269 g/mol. The van der Waals surface area contributed by atoms with Crippen LogP contribution in [0, 0.1) is 5.92 Å². The van der Waals surface area contributed by atoms with Gasteiger partial charge in [-0.2, -0.15) is 0 Å². The molecule has 5 heteroatoms. The summed E-state index contributed by atoms with van der Waals surface area (Å²) in [5.74, 6) is 1.43. The average Bonchev–Trinajstić information content (AvgIpc) is 2.94. The van der Waals surface area contributed by atoms with Gasteiger partial charge in [0.05, 0.1) is 5.69 Å². The topological polar surface area (TPSA) is 20.5 Å². The first-order valence-corrected chi connectivity index (χ1v) is 7.40. The maximum atomic E-state index is 6.06. The SMILES string of the molecule is CC1CCN(Cc2cn3ccsc3n2)C1CCl. The molecule has 3 rings (SSSR count). The predicted octanol–water partition coefficient (Wildman–Crippen LogP) is 2.85. The minimum Gasteiger partial charge on any atom is -0.297 e. The molecule has 1 aliphatic rings. The largest absolute Gasteiger partial charge is 0.297 e. The molecule has 2 aromatic heterocycles. The van der Waals surface area contributed by atoms with Gasteiger partial charge >= 0.3 is 0 Å². The number of hydrogen-bond donors (Lipinski definition) is 0. The van der Waals surface area contributed by atoms with Gasteiger partial charge < -0.3 is 0 Å². The third-order valence-electron chi connectivity index (χ3n) is 3.66. The molecule has 0 aliphatic carbocycles. The van der Waals surface area contributed by atoms with E-state index < -0.39 is 0 Å². The summed E-state index contributed by atoms with van der Waals surface area (Å²) in [6, 6.07) is 0.511. The van der Waals surface area contributed by atoms with Crippen molar-refractivity contribution in [2.75, 3.05) is 12.4 Å². The van der Waals surface area contributed by atoms with Crippen molar-refractivity contribution in [1.29, 1.82) is 0 Å². The Morgan fingerprint density at radius 3 is 3.24 bits per heavy atom. The first kappa shape index (κ1) is 11.5. The molecule has 1 saturated heterocycles. The zero-order valence-corrected chi connectivity index (χ0v) is 11.4. The van der Waals surface area contributed by atoms with Crippen LogP contribution >= 0.6 is 22.9 Å². The van der Waals surface area contributed by atoms with Crippen LogP contribution in [0.15, 0.2) is 17.8 Å². The molecule has 0 radical (unpaired) electrons. The third kappa shape index (κ3) is 2.09. The molecule has 1 aliphatic heterocycles. The lowest BCUT2D eigenvalue weighted by Crippen LogP contribution is -2.33. The number of rotatable bonds is 3. The van der Waals surface area contributed by atoms with Gasteiger partial charge in [0, 0.05) is 36.2 Å². The smallest absolute Gasteiger partial charge is 0.193 e. The molecule has 0 saturated carbocycles. The number of halogens is 1. The highest BCUT2D eigenvalue weighted by Crippen LogP contribution is 2.26. The maximum Gasteiger partial charge on any atom is 0.193 e. The second kappa shape index (κ2) is 4.59. The van der Waals surface area contributed by atoms with E-state index in [9.17, 15) is 0 Å². The molecule has 92 valence electrons. The van der Waals surface area contributed by atoms with Gasteiger partial charge in [-0.3, -0.25) is 9.30 Å². The zero-order chi connectivity index (χ0) is 11.8. The van der Waals surface area contributed by atoms with Gasteiger partial charge in [0.25, 0.3) is 0 Å². The van der Waals surface area contributed by atoms with Crippen molar-refractivity contribution in [3.05, 3.63) is 23.5 Å². The highest BCUT2D eigenvalue weighted by Gasteiger charge is 2.30. The quantitative estimate of drug-likeness (QED) is 0.799. The van der Waals surface area contributed by atoms with Crippen molar-refractivity contribution in [3.63, 3.8) is 0 Å².